The molecule has 2 aromatic heterocycles. The average Bonchev–Trinajstić information content (AvgIpc) is 2.60. The summed E-state index contributed by atoms with van der Waals surface area (Å²) in [5.41, 5.74) is 11.1. The summed E-state index contributed by atoms with van der Waals surface area (Å²) in [7, 11) is 0. The second-order valence-corrected chi connectivity index (χ2v) is 5.15. The van der Waals surface area contributed by atoms with E-state index in [0.29, 0.717) is 0 Å². The Hall–Kier alpha value is -2.34. The van der Waals surface area contributed by atoms with Crippen molar-refractivity contribution < 1.29 is 15.4 Å². The minimum absolute atomic E-state index is 0.200. The van der Waals surface area contributed by atoms with Crippen LogP contribution in [0.4, 0.5) is 0 Å². The van der Waals surface area contributed by atoms with Crippen LogP contribution in [0.2, 0.25) is 0 Å². The molecule has 0 saturated heterocycles. The normalized spacial score (nSPS) is 16.6. The van der Waals surface area contributed by atoms with Crippen molar-refractivity contribution in [3.8, 4) is 0 Å². The Morgan fingerprint density at radius 3 is 1.38 bits per heavy atom. The van der Waals surface area contributed by atoms with E-state index in [-0.39, 0.29) is 15.9 Å². The van der Waals surface area contributed by atoms with E-state index in [9.17, 15) is 25.0 Å². The summed E-state index contributed by atoms with van der Waals surface area (Å²) < 4.78 is 2.57. The highest BCUT2D eigenvalue weighted by Crippen LogP contribution is 2.14. The lowest BCUT2D eigenvalue weighted by atomic mass is 10.3. The summed E-state index contributed by atoms with van der Waals surface area (Å²) in [4.78, 5) is 22.1. The van der Waals surface area contributed by atoms with Crippen LogP contribution in [0.25, 0.3) is 0 Å². The molecule has 0 aliphatic rings. The molecule has 130 valence electrons. The number of rotatable bonds is 6. The van der Waals surface area contributed by atoms with Gasteiger partial charge in [0.2, 0.25) is 0 Å². The van der Waals surface area contributed by atoms with Gasteiger partial charge in [-0.25, -0.2) is 0 Å². The summed E-state index contributed by atoms with van der Waals surface area (Å²) in [5.74, 6) is 0. The van der Waals surface area contributed by atoms with Crippen molar-refractivity contribution in [3.05, 3.63) is 69.5 Å². The van der Waals surface area contributed by atoms with Gasteiger partial charge >= 0.3 is 0 Å². The number of nitrogens with zero attached hydrogens (tertiary/aromatic N) is 3. The number of nitrogens with two attached hydrogens (primary N) is 2. The molecule has 24 heavy (non-hydrogen) atoms. The highest BCUT2D eigenvalue weighted by molar-refractivity contribution is 4.97. The molecule has 10 heteroatoms. The molecule has 2 heterocycles. The first-order valence-electron chi connectivity index (χ1n) is 7.01. The number of aliphatic hydroxyl groups is 2. The summed E-state index contributed by atoms with van der Waals surface area (Å²) in [6.45, 7) is 0. The van der Waals surface area contributed by atoms with Gasteiger partial charge in [-0.1, -0.05) is 0 Å². The van der Waals surface area contributed by atoms with Crippen LogP contribution in [-0.4, -0.2) is 42.1 Å². The number of hydroxylamine groups is 2. The molecule has 0 radical (unpaired) electrons. The van der Waals surface area contributed by atoms with Crippen molar-refractivity contribution in [2.45, 2.75) is 24.8 Å². The lowest BCUT2D eigenvalue weighted by molar-refractivity contribution is -0.289. The van der Waals surface area contributed by atoms with Gasteiger partial charge in [0.1, 0.15) is 12.3 Å². The number of aromatic nitrogens is 2. The van der Waals surface area contributed by atoms with E-state index >= 15 is 0 Å². The molecule has 0 saturated carbocycles. The van der Waals surface area contributed by atoms with Crippen LogP contribution in [0.3, 0.4) is 0 Å². The molecule has 2 aromatic rings. The fourth-order valence-corrected chi connectivity index (χ4v) is 2.02. The third-order valence-electron chi connectivity index (χ3n) is 3.49. The van der Waals surface area contributed by atoms with Crippen LogP contribution in [0.5, 0.6) is 0 Å². The van der Waals surface area contributed by atoms with E-state index in [1.54, 1.807) is 0 Å². The zero-order valence-corrected chi connectivity index (χ0v) is 12.6. The van der Waals surface area contributed by atoms with Crippen molar-refractivity contribution in [2.75, 3.05) is 0 Å². The van der Waals surface area contributed by atoms with Crippen molar-refractivity contribution in [3.63, 3.8) is 0 Å². The van der Waals surface area contributed by atoms with Gasteiger partial charge in [0, 0.05) is 49.1 Å². The van der Waals surface area contributed by atoms with Crippen molar-refractivity contribution in [2.24, 2.45) is 11.5 Å². The Balaban J connectivity index is 2.11. The van der Waals surface area contributed by atoms with Gasteiger partial charge in [-0.05, 0) is 0 Å². The number of hydrogen-bond donors (Lipinski definition) is 5. The zero-order chi connectivity index (χ0) is 17.9. The summed E-state index contributed by atoms with van der Waals surface area (Å²) >= 11 is 0. The highest BCUT2D eigenvalue weighted by Gasteiger charge is 2.31. The van der Waals surface area contributed by atoms with Crippen molar-refractivity contribution in [1.82, 2.24) is 14.2 Å². The largest absolute Gasteiger partial charge is 0.373 e. The van der Waals surface area contributed by atoms with E-state index in [1.165, 1.54) is 58.2 Å². The molecule has 0 fully saturated rings. The molecule has 0 unspecified atom stereocenters. The standard InChI is InChI=1S/C14H19N5O5/c15-11(17-5-1-9(20)2-6-17)13(22)19(24)14(23)12(16)18-7-3-10(21)4-8-18/h1-8,11-14,22-24H,15-16H2/t11-,12-,13-,14-/m1/s1. The second-order valence-electron chi connectivity index (χ2n) is 5.15. The predicted molar refractivity (Wildman–Crippen MR) is 83.5 cm³/mol. The Kier molecular flexibility index (Phi) is 5.62. The fourth-order valence-electron chi connectivity index (χ4n) is 2.02. The Morgan fingerprint density at radius 1 is 0.792 bits per heavy atom. The van der Waals surface area contributed by atoms with E-state index < -0.39 is 24.8 Å². The van der Waals surface area contributed by atoms with Gasteiger partial charge in [0.05, 0.1) is 0 Å². The van der Waals surface area contributed by atoms with Crippen LogP contribution >= 0.6 is 0 Å². The lowest BCUT2D eigenvalue weighted by Crippen LogP contribution is -2.52. The maximum atomic E-state index is 11.1. The minimum atomic E-state index is -1.71. The van der Waals surface area contributed by atoms with E-state index in [4.69, 9.17) is 11.5 Å². The second kappa shape index (κ2) is 7.49. The maximum absolute atomic E-state index is 11.1. The number of pyridine rings is 2. The number of aliphatic hydroxyl groups excluding tert-OH is 2. The fraction of sp³-hybridized carbons (Fsp3) is 0.286. The summed E-state index contributed by atoms with van der Waals surface area (Å²) in [6, 6.07) is 4.93. The third-order valence-corrected chi connectivity index (χ3v) is 3.49. The molecule has 10 nitrogen and oxygen atoms in total. The van der Waals surface area contributed by atoms with Gasteiger partial charge < -0.3 is 36.0 Å². The smallest absolute Gasteiger partial charge is 0.181 e. The molecule has 0 bridgehead atoms. The topological polar surface area (TPSA) is 160 Å². The van der Waals surface area contributed by atoms with E-state index in [1.807, 2.05) is 0 Å². The van der Waals surface area contributed by atoms with Crippen LogP contribution in [0.1, 0.15) is 12.3 Å². The van der Waals surface area contributed by atoms with Gasteiger partial charge in [0.25, 0.3) is 0 Å². The highest BCUT2D eigenvalue weighted by atomic mass is 16.6. The summed E-state index contributed by atoms with van der Waals surface area (Å²) in [6.07, 6.45) is -0.453. The van der Waals surface area contributed by atoms with Crippen molar-refractivity contribution >= 4 is 0 Å². The first-order chi connectivity index (χ1) is 11.3. The molecule has 4 atom stereocenters. The first kappa shape index (κ1) is 18.0. The number of hydrogen-bond acceptors (Lipinski definition) is 8. The minimum Gasteiger partial charge on any atom is -0.373 e. The monoisotopic (exact) mass is 337 g/mol. The Morgan fingerprint density at radius 2 is 1.08 bits per heavy atom. The van der Waals surface area contributed by atoms with Gasteiger partial charge in [0.15, 0.2) is 23.3 Å². The first-order valence-corrected chi connectivity index (χ1v) is 7.01. The Labute approximate surface area is 136 Å². The predicted octanol–water partition coefficient (Wildman–Crippen LogP) is -2.05. The van der Waals surface area contributed by atoms with E-state index in [2.05, 4.69) is 0 Å². The molecule has 0 aromatic carbocycles. The zero-order valence-electron chi connectivity index (χ0n) is 12.6. The van der Waals surface area contributed by atoms with Crippen LogP contribution in [-0.2, 0) is 0 Å². The quantitative estimate of drug-likeness (QED) is 0.297. The molecule has 7 N–H and O–H groups in total. The molecule has 0 aliphatic heterocycles. The molecule has 2 rings (SSSR count). The average molecular weight is 337 g/mol. The van der Waals surface area contributed by atoms with E-state index in [0.717, 1.165) is 0 Å². The molecule has 0 aliphatic carbocycles. The SMILES string of the molecule is N[C@@H]([C@@H](O)N(O)[C@H](O)[C@H](N)n1ccc(=O)cc1)n1ccc(=O)cc1. The Bertz CT molecular complexity index is 685. The molecular formula is C14H19N5O5. The summed E-state index contributed by atoms with van der Waals surface area (Å²) in [5, 5.41) is 30.4. The van der Waals surface area contributed by atoms with Crippen LogP contribution in [0, 0.1) is 0 Å². The van der Waals surface area contributed by atoms with Gasteiger partial charge in [-0.3, -0.25) is 9.59 Å². The van der Waals surface area contributed by atoms with Crippen molar-refractivity contribution in [1.29, 1.82) is 0 Å². The maximum Gasteiger partial charge on any atom is 0.181 e. The molecule has 0 amide bonds. The van der Waals surface area contributed by atoms with Crippen LogP contribution in [0.15, 0.2) is 58.6 Å². The molecule has 0 spiro atoms. The lowest BCUT2D eigenvalue weighted by Gasteiger charge is -2.33. The van der Waals surface area contributed by atoms with Gasteiger partial charge in [-0.15, -0.1) is 5.06 Å². The third kappa shape index (κ3) is 3.94. The van der Waals surface area contributed by atoms with Gasteiger partial charge in [-0.2, -0.15) is 0 Å². The molecular weight excluding hydrogens is 318 g/mol. The van der Waals surface area contributed by atoms with Crippen LogP contribution < -0.4 is 22.3 Å².